The number of carbonyl (C=O) groups excluding carboxylic acids is 11. The molecule has 4 fully saturated rings. The zero-order valence-electron chi connectivity index (χ0n) is 65.4. The highest BCUT2D eigenvalue weighted by Crippen LogP contribution is 2.61. The molecule has 0 spiro atoms. The van der Waals surface area contributed by atoms with Gasteiger partial charge in [-0.1, -0.05) is 47.6 Å². The number of likely N-dealkylation sites (N-methyl/N-ethyl adjacent to an activating group) is 3. The van der Waals surface area contributed by atoms with Gasteiger partial charge in [0.05, 0.1) is 52.3 Å². The molecule has 20 N–H and O–H groups in total. The largest absolute Gasteiger partial charge is 0.508 e. The van der Waals surface area contributed by atoms with Crippen molar-refractivity contribution in [2.75, 3.05) is 79.7 Å². The molecule has 1 saturated heterocycles. The Kier molecular flexibility index (Phi) is 23.5. The fourth-order valence-corrected chi connectivity index (χ4v) is 18.9. The molecule has 3 aromatic carbocycles. The van der Waals surface area contributed by atoms with Gasteiger partial charge in [-0.3, -0.25) is 67.4 Å². The zero-order chi connectivity index (χ0) is 86.0. The first-order valence-corrected chi connectivity index (χ1v) is 37.1. The van der Waals surface area contributed by atoms with Gasteiger partial charge in [0.1, 0.15) is 63.1 Å². The maximum absolute atomic E-state index is 15.6. The van der Waals surface area contributed by atoms with Gasteiger partial charge in [-0.15, -0.1) is 0 Å². The number of anilines is 2. The van der Waals surface area contributed by atoms with Crippen LogP contribution in [0.25, 0.3) is 17.3 Å². The van der Waals surface area contributed by atoms with Crippen molar-refractivity contribution in [2.24, 2.45) is 58.1 Å². The number of nitrogens with zero attached hydrogens (tertiary/aromatic N) is 4. The SMILES string of the molecule is CO.C[C@H]1c2c(F)cc(NC(=O)CCC(C)(C)C)c(O)c2C(O)=C2C(=O)[C@]3(O)C(O)=C(C(N)=O)C(=O)[C@@H](N(C)C)[C@@H]3C[C@@H]21.C[C@H]1c2c(F)cc(NC(=O)CN3CCCC3)c(O)c2C(O)=C2C(=O)[C@]3(O)C(O)=C(C(N)=O)C(=O)[C@@H](N(C)C)[C@@H]3C[C@@H]21.C[C@H]1c2c(F)ccc(O)c2C(O)=C2C(=O)[C@]3(O)C(=O)C(C(N)=O)=C[C@@H](N(C)C)[C@@H]3C[C@@H]21. The molecular weight excluding hydrogens is 1510 g/mol. The van der Waals surface area contributed by atoms with Gasteiger partial charge in [-0.05, 0) is 147 Å². The number of aromatic hydroxyl groups is 3. The van der Waals surface area contributed by atoms with Gasteiger partial charge in [-0.25, -0.2) is 13.2 Å². The van der Waals surface area contributed by atoms with Gasteiger partial charge >= 0.3 is 0 Å². The van der Waals surface area contributed by atoms with Crippen molar-refractivity contribution in [2.45, 2.75) is 139 Å². The van der Waals surface area contributed by atoms with Crippen LogP contribution in [0.5, 0.6) is 17.2 Å². The van der Waals surface area contributed by atoms with Crippen LogP contribution in [-0.4, -0.2) is 249 Å². The van der Waals surface area contributed by atoms with Crippen LogP contribution in [0.1, 0.15) is 138 Å². The Bertz CT molecular complexity index is 4950. The molecule has 35 heteroatoms. The first-order chi connectivity index (χ1) is 53.5. The second-order valence-corrected chi connectivity index (χ2v) is 32.8. The molecule has 0 radical (unpaired) electrons. The van der Waals surface area contributed by atoms with E-state index < -0.39 is 255 Å². The summed E-state index contributed by atoms with van der Waals surface area (Å²) in [4.78, 5) is 149. The lowest BCUT2D eigenvalue weighted by atomic mass is 9.55. The van der Waals surface area contributed by atoms with Gasteiger partial charge in [0.25, 0.3) is 17.7 Å². The maximum atomic E-state index is 15.6. The third-order valence-electron chi connectivity index (χ3n) is 24.4. The number of rotatable bonds is 12. The molecule has 3 saturated carbocycles. The predicted molar refractivity (Wildman–Crippen MR) is 405 cm³/mol. The smallest absolute Gasteiger partial charge is 0.255 e. The quantitative estimate of drug-likeness (QED) is 0.0700. The van der Waals surface area contributed by atoms with Crippen LogP contribution < -0.4 is 27.8 Å². The number of Topliss-reactive ketones (excluding diaryl/α,β-unsaturated/α-hetero) is 6. The number of phenolic OH excluding ortho intramolecular Hbond substituents is 3. The number of fused-ring (bicyclic) bond motifs is 9. The number of hydrogen-bond donors (Lipinski definition) is 17. The number of hydrogen-bond acceptors (Lipinski definition) is 27. The van der Waals surface area contributed by atoms with E-state index in [1.165, 1.54) is 44.1 Å². The fraction of sp³-hybridized carbons (Fsp3) is 0.487. The van der Waals surface area contributed by atoms with Gasteiger partial charge in [0.15, 0.2) is 39.9 Å². The van der Waals surface area contributed by atoms with E-state index >= 15 is 8.78 Å². The van der Waals surface area contributed by atoms with Crippen molar-refractivity contribution < 1.29 is 127 Å². The van der Waals surface area contributed by atoms with Crippen molar-refractivity contribution in [3.63, 3.8) is 0 Å². The molecule has 1 aliphatic heterocycles. The molecular formula is C80H96F3N9O23. The first kappa shape index (κ1) is 86.7. The molecule has 13 rings (SSSR count). The summed E-state index contributed by atoms with van der Waals surface area (Å²) in [6.45, 7) is 12.1. The molecule has 115 heavy (non-hydrogen) atoms. The molecule has 0 bridgehead atoms. The number of carbonyl (C=O) groups is 11. The summed E-state index contributed by atoms with van der Waals surface area (Å²) in [5, 5.41) is 135. The average molecular weight is 1610 g/mol. The minimum Gasteiger partial charge on any atom is -0.508 e. The Morgan fingerprint density at radius 1 is 0.522 bits per heavy atom. The number of likely N-dealkylation sites (tertiary alicyclic amines) is 1. The third kappa shape index (κ3) is 13.8. The summed E-state index contributed by atoms with van der Waals surface area (Å²) in [6.07, 6.45) is 3.56. The van der Waals surface area contributed by atoms with E-state index in [0.717, 1.165) is 57.3 Å². The molecule has 5 amide bonds. The topological polar surface area (TPSA) is 546 Å². The number of halogens is 3. The molecule has 620 valence electrons. The number of amides is 5. The van der Waals surface area contributed by atoms with Crippen LogP contribution in [0.4, 0.5) is 24.5 Å². The minimum atomic E-state index is -2.81. The second kappa shape index (κ2) is 31.2. The predicted octanol–water partition coefficient (Wildman–Crippen LogP) is 3.51. The summed E-state index contributed by atoms with van der Waals surface area (Å²) in [5.74, 6) is -28.3. The number of aliphatic hydroxyl groups is 9. The highest BCUT2D eigenvalue weighted by molar-refractivity contribution is 6.33. The minimum absolute atomic E-state index is 0.0240. The van der Waals surface area contributed by atoms with E-state index in [9.17, 15) is 113 Å². The van der Waals surface area contributed by atoms with Gasteiger partial charge in [0, 0.05) is 82.9 Å². The lowest BCUT2D eigenvalue weighted by molar-refractivity contribution is -0.161. The molecule has 32 nitrogen and oxygen atoms in total. The number of ketones is 6. The normalized spacial score (nSPS) is 29.4. The van der Waals surface area contributed by atoms with Crippen LogP contribution in [0.2, 0.25) is 0 Å². The van der Waals surface area contributed by atoms with Crippen molar-refractivity contribution in [3.05, 3.63) is 126 Å². The number of benzene rings is 3. The molecule has 10 aliphatic rings. The second-order valence-electron chi connectivity index (χ2n) is 32.8. The van der Waals surface area contributed by atoms with E-state index in [-0.39, 0.29) is 76.8 Å². The summed E-state index contributed by atoms with van der Waals surface area (Å²) >= 11 is 0. The Morgan fingerprint density at radius 2 is 0.896 bits per heavy atom. The van der Waals surface area contributed by atoms with Crippen molar-refractivity contribution >= 4 is 92.9 Å². The summed E-state index contributed by atoms with van der Waals surface area (Å²) < 4.78 is 45.9. The Hall–Kier alpha value is -10.7. The first-order valence-electron chi connectivity index (χ1n) is 37.1. The van der Waals surface area contributed by atoms with E-state index in [1.807, 2.05) is 25.7 Å². The van der Waals surface area contributed by atoms with E-state index in [2.05, 4.69) is 10.6 Å². The lowest BCUT2D eigenvalue weighted by Gasteiger charge is -2.51. The highest BCUT2D eigenvalue weighted by Gasteiger charge is 2.68. The lowest BCUT2D eigenvalue weighted by Crippen LogP contribution is -2.66. The standard InChI is InChI=1S/C29H36FN3O8.C28H33FN4O8.C22H23FN2O6.CH4O/c1-11-12-9-13-21(33(5)6)24(37)20(27(31)40)26(39)29(13,41)25(38)18(12)23(36)19-17(11)14(30)10-15(22(19)35)32-16(34)7-8-28(2,3)4;1-11-12-8-13-21(32(2)3)24(37)20(27(30)40)26(39)28(13,41)25(38)18(12)23(36)19-17(11)14(29)9-15(22(19)35)31-16(34)10-33-6-4-5-7-33;1-8-9-6-11-13(25(2)3)7-10(21(24)30)19(28)22(11,31)20(29)16(9)18(27)17-14(26)5-4-12(23)15(8)17;1-2/h10-13,21,35-36,39,41H,7-9H2,1-6H3,(H2,31,40)(H,32,34);9,11-13,21,35-36,39,41H,4-8,10H2,1-3H3,(H2,30,40)(H,31,34);4-5,7-9,11,13,26-27,31H,6H2,1-3H3,(H2,24,30);2H,1H3/t11-,12-,13+,21+,29+;11-,12-,13+,21+,28+;8-,9-,11+,13-,22-;/m111./s1. The fourth-order valence-electron chi connectivity index (χ4n) is 18.9. The van der Waals surface area contributed by atoms with Gasteiger partial charge in [-0.2, -0.15) is 0 Å². The number of aliphatic hydroxyl groups excluding tert-OH is 6. The van der Waals surface area contributed by atoms with E-state index in [4.69, 9.17) is 22.3 Å². The van der Waals surface area contributed by atoms with Crippen LogP contribution in [0, 0.1) is 58.4 Å². The van der Waals surface area contributed by atoms with Crippen molar-refractivity contribution in [1.29, 1.82) is 0 Å². The molecule has 9 aliphatic carbocycles. The molecule has 15 atom stereocenters. The van der Waals surface area contributed by atoms with E-state index in [0.29, 0.717) is 6.42 Å². The van der Waals surface area contributed by atoms with Crippen LogP contribution >= 0.6 is 0 Å². The summed E-state index contributed by atoms with van der Waals surface area (Å²) in [6, 6.07) is 0.865. The third-order valence-corrected chi connectivity index (χ3v) is 24.4. The number of nitrogens with two attached hydrogens (primary N) is 3. The Labute approximate surface area is 657 Å². The molecule has 3 aromatic rings. The van der Waals surface area contributed by atoms with Gasteiger partial charge in [0.2, 0.25) is 34.9 Å². The zero-order valence-corrected chi connectivity index (χ0v) is 65.4. The van der Waals surface area contributed by atoms with Crippen LogP contribution in [-0.2, 0) is 52.7 Å². The Morgan fingerprint density at radius 3 is 1.27 bits per heavy atom. The van der Waals surface area contributed by atoms with Gasteiger partial charge < -0.3 is 94.0 Å². The summed E-state index contributed by atoms with van der Waals surface area (Å²) in [7, 11) is 10.3. The monoisotopic (exact) mass is 1610 g/mol. The number of nitrogens with one attached hydrogen (secondary N) is 2. The average Bonchev–Trinajstić information content (AvgIpc) is 1.24. The summed E-state index contributed by atoms with van der Waals surface area (Å²) in [5.41, 5.74) is 2.36. The number of phenols is 3. The molecule has 0 unspecified atom stereocenters. The Balaban J connectivity index is 0.000000182. The highest BCUT2D eigenvalue weighted by atomic mass is 19.1. The van der Waals surface area contributed by atoms with Crippen LogP contribution in [0.15, 0.2) is 75.3 Å². The molecule has 1 heterocycles. The number of primary amides is 3. The van der Waals surface area contributed by atoms with Crippen molar-refractivity contribution in [1.82, 2.24) is 19.6 Å². The van der Waals surface area contributed by atoms with Crippen LogP contribution in [0.3, 0.4) is 0 Å². The molecule has 0 aromatic heterocycles. The van der Waals surface area contributed by atoms with Crippen molar-refractivity contribution in [3.8, 4) is 17.2 Å². The maximum Gasteiger partial charge on any atom is 0.255 e. The van der Waals surface area contributed by atoms with E-state index in [1.54, 1.807) is 39.8 Å².